The highest BCUT2D eigenvalue weighted by atomic mass is 32.1. The number of likely N-dealkylation sites (tertiary alicyclic amines) is 1. The fourth-order valence-corrected chi connectivity index (χ4v) is 4.35. The number of benzene rings is 1. The van der Waals surface area contributed by atoms with Crippen LogP contribution in [-0.2, 0) is 6.42 Å². The third-order valence-corrected chi connectivity index (χ3v) is 5.90. The summed E-state index contributed by atoms with van der Waals surface area (Å²) in [6, 6.07) is 11.5. The lowest BCUT2D eigenvalue weighted by atomic mass is 9.94. The summed E-state index contributed by atoms with van der Waals surface area (Å²) < 4.78 is 5.44. The molecule has 1 saturated heterocycles. The van der Waals surface area contributed by atoms with E-state index in [1.54, 1.807) is 11.3 Å². The van der Waals surface area contributed by atoms with Crippen LogP contribution < -0.4 is 0 Å². The SMILES string of the molecule is O=C(c1cnn(-c2ccccc2)n1)N1CCC[C@H](Cc2nc(-c3ccsc3)no2)C1. The number of para-hydroxylation sites is 1. The molecule has 4 aromatic rings. The van der Waals surface area contributed by atoms with Crippen molar-refractivity contribution in [1.82, 2.24) is 30.0 Å². The quantitative estimate of drug-likeness (QED) is 0.491. The Bertz CT molecular complexity index is 1120. The number of aromatic nitrogens is 5. The van der Waals surface area contributed by atoms with Gasteiger partial charge in [-0.25, -0.2) is 0 Å². The van der Waals surface area contributed by atoms with Crippen molar-refractivity contribution >= 4 is 17.2 Å². The lowest BCUT2D eigenvalue weighted by molar-refractivity contribution is 0.0661. The van der Waals surface area contributed by atoms with Crippen molar-refractivity contribution in [2.75, 3.05) is 13.1 Å². The van der Waals surface area contributed by atoms with Crippen LogP contribution in [0.5, 0.6) is 0 Å². The molecule has 0 spiro atoms. The highest BCUT2D eigenvalue weighted by molar-refractivity contribution is 7.08. The highest BCUT2D eigenvalue weighted by Gasteiger charge is 2.27. The lowest BCUT2D eigenvalue weighted by Gasteiger charge is -2.31. The largest absolute Gasteiger partial charge is 0.339 e. The summed E-state index contributed by atoms with van der Waals surface area (Å²) in [6.45, 7) is 1.37. The van der Waals surface area contributed by atoms with Gasteiger partial charge in [0.25, 0.3) is 5.91 Å². The Morgan fingerprint density at radius 1 is 1.23 bits per heavy atom. The molecule has 1 atom stereocenters. The predicted molar refractivity (Wildman–Crippen MR) is 111 cm³/mol. The number of piperidine rings is 1. The van der Waals surface area contributed by atoms with Crippen molar-refractivity contribution < 1.29 is 9.32 Å². The van der Waals surface area contributed by atoms with Crippen LogP contribution >= 0.6 is 11.3 Å². The lowest BCUT2D eigenvalue weighted by Crippen LogP contribution is -2.40. The first kappa shape index (κ1) is 18.7. The molecular formula is C21H20N6O2S. The van der Waals surface area contributed by atoms with Gasteiger partial charge >= 0.3 is 0 Å². The Kier molecular flexibility index (Phi) is 5.10. The highest BCUT2D eigenvalue weighted by Crippen LogP contribution is 2.24. The van der Waals surface area contributed by atoms with Gasteiger partial charge in [-0.05, 0) is 42.3 Å². The van der Waals surface area contributed by atoms with Gasteiger partial charge in [0.15, 0.2) is 5.69 Å². The Morgan fingerprint density at radius 3 is 2.97 bits per heavy atom. The van der Waals surface area contributed by atoms with Gasteiger partial charge in [-0.1, -0.05) is 23.4 Å². The second-order valence-corrected chi connectivity index (χ2v) is 8.12. The van der Waals surface area contributed by atoms with E-state index in [-0.39, 0.29) is 11.8 Å². The minimum atomic E-state index is -0.0913. The van der Waals surface area contributed by atoms with Gasteiger partial charge in [-0.3, -0.25) is 4.79 Å². The van der Waals surface area contributed by atoms with Crippen molar-refractivity contribution in [2.24, 2.45) is 5.92 Å². The summed E-state index contributed by atoms with van der Waals surface area (Å²) in [5, 5.41) is 16.7. The first-order chi connectivity index (χ1) is 14.8. The van der Waals surface area contributed by atoms with Gasteiger partial charge in [0, 0.05) is 30.5 Å². The van der Waals surface area contributed by atoms with Gasteiger partial charge in [0.2, 0.25) is 11.7 Å². The zero-order chi connectivity index (χ0) is 20.3. The number of hydrogen-bond acceptors (Lipinski definition) is 7. The van der Waals surface area contributed by atoms with Crippen LogP contribution in [0.15, 0.2) is 57.9 Å². The molecule has 1 aliphatic heterocycles. The predicted octanol–water partition coefficient (Wildman–Crippen LogP) is 3.47. The van der Waals surface area contributed by atoms with E-state index in [4.69, 9.17) is 4.52 Å². The number of carbonyl (C=O) groups excluding carboxylic acids is 1. The molecule has 0 N–H and O–H groups in total. The standard InChI is InChI=1S/C21H20N6O2S/c28-21(18-12-22-27(24-18)17-6-2-1-3-7-17)26-9-4-5-15(13-26)11-19-23-20(25-29-19)16-8-10-30-14-16/h1-3,6-8,10,12,14-15H,4-5,9,11,13H2/t15-/m1/s1. The number of rotatable bonds is 5. The molecule has 1 fully saturated rings. The molecule has 30 heavy (non-hydrogen) atoms. The molecule has 1 amide bonds. The average Bonchev–Trinajstić information content (AvgIpc) is 3.55. The number of thiophene rings is 1. The van der Waals surface area contributed by atoms with Crippen molar-refractivity contribution in [3.63, 3.8) is 0 Å². The summed E-state index contributed by atoms with van der Waals surface area (Å²) in [5.41, 5.74) is 2.15. The smallest absolute Gasteiger partial charge is 0.276 e. The molecular weight excluding hydrogens is 400 g/mol. The summed E-state index contributed by atoms with van der Waals surface area (Å²) >= 11 is 1.60. The minimum absolute atomic E-state index is 0.0913. The molecule has 1 aromatic carbocycles. The molecule has 0 radical (unpaired) electrons. The molecule has 9 heteroatoms. The summed E-state index contributed by atoms with van der Waals surface area (Å²) in [7, 11) is 0. The topological polar surface area (TPSA) is 89.9 Å². The maximum Gasteiger partial charge on any atom is 0.276 e. The molecule has 152 valence electrons. The molecule has 8 nitrogen and oxygen atoms in total. The molecule has 4 heterocycles. The zero-order valence-corrected chi connectivity index (χ0v) is 17.0. The van der Waals surface area contributed by atoms with Crippen LogP contribution in [0, 0.1) is 5.92 Å². The van der Waals surface area contributed by atoms with Crippen LogP contribution in [-0.4, -0.2) is 49.0 Å². The molecule has 0 aliphatic carbocycles. The second-order valence-electron chi connectivity index (χ2n) is 7.34. The van der Waals surface area contributed by atoms with Crippen molar-refractivity contribution in [3.8, 4) is 17.1 Å². The number of hydrogen-bond donors (Lipinski definition) is 0. The molecule has 1 aliphatic rings. The fourth-order valence-electron chi connectivity index (χ4n) is 3.72. The Labute approximate surface area is 177 Å². The number of carbonyl (C=O) groups is 1. The number of nitrogens with zero attached hydrogens (tertiary/aromatic N) is 6. The van der Waals surface area contributed by atoms with E-state index in [2.05, 4.69) is 20.3 Å². The van der Waals surface area contributed by atoms with Gasteiger partial charge in [0.05, 0.1) is 11.9 Å². The zero-order valence-electron chi connectivity index (χ0n) is 16.2. The third kappa shape index (κ3) is 3.88. The van der Waals surface area contributed by atoms with Crippen molar-refractivity contribution in [1.29, 1.82) is 0 Å². The molecule has 0 unspecified atom stereocenters. The molecule has 0 bridgehead atoms. The van der Waals surface area contributed by atoms with E-state index in [1.807, 2.05) is 52.1 Å². The van der Waals surface area contributed by atoms with E-state index in [0.29, 0.717) is 30.4 Å². The first-order valence-electron chi connectivity index (χ1n) is 9.88. The van der Waals surface area contributed by atoms with Crippen molar-refractivity contribution in [2.45, 2.75) is 19.3 Å². The average molecular weight is 420 g/mol. The van der Waals surface area contributed by atoms with Gasteiger partial charge in [0.1, 0.15) is 0 Å². The van der Waals surface area contributed by atoms with Crippen LogP contribution in [0.1, 0.15) is 29.2 Å². The normalized spacial score (nSPS) is 16.7. The Balaban J connectivity index is 1.24. The van der Waals surface area contributed by atoms with E-state index in [1.165, 1.54) is 11.0 Å². The first-order valence-corrected chi connectivity index (χ1v) is 10.8. The minimum Gasteiger partial charge on any atom is -0.339 e. The fraction of sp³-hybridized carbons (Fsp3) is 0.286. The molecule has 3 aromatic heterocycles. The summed E-state index contributed by atoms with van der Waals surface area (Å²) in [5.74, 6) is 1.42. The Morgan fingerprint density at radius 2 is 2.13 bits per heavy atom. The number of amides is 1. The second kappa shape index (κ2) is 8.19. The maximum atomic E-state index is 13.0. The van der Waals surface area contributed by atoms with E-state index in [0.717, 1.165) is 30.6 Å². The summed E-state index contributed by atoms with van der Waals surface area (Å²) in [6.07, 6.45) is 4.16. The Hall–Kier alpha value is -3.33. The van der Waals surface area contributed by atoms with Crippen LogP contribution in [0.4, 0.5) is 0 Å². The van der Waals surface area contributed by atoms with E-state index in [9.17, 15) is 4.79 Å². The van der Waals surface area contributed by atoms with Crippen LogP contribution in [0.3, 0.4) is 0 Å². The van der Waals surface area contributed by atoms with E-state index >= 15 is 0 Å². The monoisotopic (exact) mass is 420 g/mol. The van der Waals surface area contributed by atoms with Crippen LogP contribution in [0.2, 0.25) is 0 Å². The van der Waals surface area contributed by atoms with Gasteiger partial charge in [-0.15, -0.1) is 5.10 Å². The summed E-state index contributed by atoms with van der Waals surface area (Å²) in [4.78, 5) is 20.8. The third-order valence-electron chi connectivity index (χ3n) is 5.22. The molecule has 5 rings (SSSR count). The van der Waals surface area contributed by atoms with E-state index < -0.39 is 0 Å². The van der Waals surface area contributed by atoms with Crippen LogP contribution in [0.25, 0.3) is 17.1 Å². The van der Waals surface area contributed by atoms with Gasteiger partial charge < -0.3 is 9.42 Å². The molecule has 0 saturated carbocycles. The van der Waals surface area contributed by atoms with Gasteiger partial charge in [-0.2, -0.15) is 26.2 Å². The van der Waals surface area contributed by atoms with Crippen molar-refractivity contribution in [3.05, 3.63) is 64.9 Å². The maximum absolute atomic E-state index is 13.0.